The standard InChI is InChI=1S/C11H8Cl2O4/c1-17-11(16)10(15)5-9(14)7-4-6(12)2-3-8(7)13/h2-5,14H,1H3. The van der Waals surface area contributed by atoms with Gasteiger partial charge in [-0.05, 0) is 18.2 Å². The Balaban J connectivity index is 3.07. The topological polar surface area (TPSA) is 63.6 Å². The van der Waals surface area contributed by atoms with Crippen LogP contribution in [-0.2, 0) is 14.3 Å². The maximum atomic E-state index is 11.2. The van der Waals surface area contributed by atoms with Crippen LogP contribution in [0.1, 0.15) is 5.56 Å². The van der Waals surface area contributed by atoms with Gasteiger partial charge in [-0.2, -0.15) is 0 Å². The van der Waals surface area contributed by atoms with E-state index in [9.17, 15) is 14.7 Å². The van der Waals surface area contributed by atoms with Gasteiger partial charge in [-0.1, -0.05) is 23.2 Å². The first kappa shape index (κ1) is 13.5. The Labute approximate surface area is 107 Å². The number of rotatable bonds is 3. The van der Waals surface area contributed by atoms with Gasteiger partial charge in [-0.25, -0.2) is 4.79 Å². The van der Waals surface area contributed by atoms with Gasteiger partial charge < -0.3 is 9.84 Å². The molecule has 0 fully saturated rings. The lowest BCUT2D eigenvalue weighted by Gasteiger charge is -2.03. The molecule has 0 saturated carbocycles. The monoisotopic (exact) mass is 274 g/mol. The summed E-state index contributed by atoms with van der Waals surface area (Å²) in [5, 5.41) is 10.2. The zero-order valence-corrected chi connectivity index (χ0v) is 10.2. The number of aliphatic hydroxyl groups excluding tert-OH is 1. The van der Waals surface area contributed by atoms with Crippen molar-refractivity contribution in [3.63, 3.8) is 0 Å². The molecule has 6 heteroatoms. The maximum absolute atomic E-state index is 11.2. The summed E-state index contributed by atoms with van der Waals surface area (Å²) in [6, 6.07) is 4.37. The summed E-state index contributed by atoms with van der Waals surface area (Å²) < 4.78 is 4.20. The largest absolute Gasteiger partial charge is 0.507 e. The van der Waals surface area contributed by atoms with Crippen LogP contribution in [-0.4, -0.2) is 24.0 Å². The summed E-state index contributed by atoms with van der Waals surface area (Å²) in [5.41, 5.74) is 0.163. The number of carbonyl (C=O) groups excluding carboxylic acids is 2. The van der Waals surface area contributed by atoms with Crippen LogP contribution < -0.4 is 0 Å². The van der Waals surface area contributed by atoms with Gasteiger partial charge in [0.25, 0.3) is 5.78 Å². The normalized spacial score (nSPS) is 11.1. The third-order valence-corrected chi connectivity index (χ3v) is 2.42. The van der Waals surface area contributed by atoms with Gasteiger partial charge in [0.15, 0.2) is 0 Å². The number of methoxy groups -OCH3 is 1. The Morgan fingerprint density at radius 2 is 2.00 bits per heavy atom. The highest BCUT2D eigenvalue weighted by atomic mass is 35.5. The maximum Gasteiger partial charge on any atom is 0.378 e. The summed E-state index contributed by atoms with van der Waals surface area (Å²) in [6.07, 6.45) is 0.726. The van der Waals surface area contributed by atoms with Crippen molar-refractivity contribution in [1.82, 2.24) is 0 Å². The van der Waals surface area contributed by atoms with E-state index in [-0.39, 0.29) is 10.6 Å². The first-order valence-electron chi connectivity index (χ1n) is 4.44. The summed E-state index contributed by atoms with van der Waals surface area (Å²) in [5.74, 6) is -2.51. The zero-order valence-electron chi connectivity index (χ0n) is 8.74. The second-order valence-corrected chi connectivity index (χ2v) is 3.85. The van der Waals surface area contributed by atoms with E-state index in [4.69, 9.17) is 23.2 Å². The highest BCUT2D eigenvalue weighted by molar-refractivity contribution is 6.40. The fraction of sp³-hybridized carbons (Fsp3) is 0.0909. The molecular weight excluding hydrogens is 267 g/mol. The molecule has 0 saturated heterocycles. The van der Waals surface area contributed by atoms with E-state index in [0.717, 1.165) is 13.2 Å². The molecular formula is C11H8Cl2O4. The van der Waals surface area contributed by atoms with Gasteiger partial charge in [0.1, 0.15) is 5.76 Å². The van der Waals surface area contributed by atoms with Crippen LogP contribution in [0.5, 0.6) is 0 Å². The first-order chi connectivity index (χ1) is 7.95. The minimum Gasteiger partial charge on any atom is -0.507 e. The molecule has 17 heavy (non-hydrogen) atoms. The van der Waals surface area contributed by atoms with Crippen molar-refractivity contribution in [3.05, 3.63) is 39.9 Å². The predicted molar refractivity (Wildman–Crippen MR) is 64.1 cm³/mol. The number of ether oxygens (including phenoxy) is 1. The molecule has 0 unspecified atom stereocenters. The van der Waals surface area contributed by atoms with E-state index < -0.39 is 17.5 Å². The lowest BCUT2D eigenvalue weighted by molar-refractivity contribution is -0.149. The third-order valence-electron chi connectivity index (χ3n) is 1.86. The minimum atomic E-state index is -1.07. The van der Waals surface area contributed by atoms with E-state index in [1.165, 1.54) is 18.2 Å². The SMILES string of the molecule is COC(=O)C(=O)C=C(O)c1cc(Cl)ccc1Cl. The third kappa shape index (κ3) is 3.47. The van der Waals surface area contributed by atoms with E-state index in [1.807, 2.05) is 0 Å². The number of hydrogen-bond donors (Lipinski definition) is 1. The molecule has 0 bridgehead atoms. The van der Waals surface area contributed by atoms with E-state index in [1.54, 1.807) is 0 Å². The summed E-state index contributed by atoms with van der Waals surface area (Å²) in [6.45, 7) is 0. The Morgan fingerprint density at radius 3 is 2.59 bits per heavy atom. The molecule has 0 atom stereocenters. The molecule has 1 N–H and O–H groups in total. The predicted octanol–water partition coefficient (Wildman–Crippen LogP) is 2.63. The van der Waals surface area contributed by atoms with Gasteiger partial charge in [0.2, 0.25) is 0 Å². The fourth-order valence-corrected chi connectivity index (χ4v) is 1.44. The van der Waals surface area contributed by atoms with Crippen molar-refractivity contribution >= 4 is 40.7 Å². The summed E-state index contributed by atoms with van der Waals surface area (Å²) in [4.78, 5) is 22.0. The lowest BCUT2D eigenvalue weighted by atomic mass is 10.1. The Morgan fingerprint density at radius 1 is 1.35 bits per heavy atom. The van der Waals surface area contributed by atoms with Crippen LogP contribution in [0.4, 0.5) is 0 Å². The van der Waals surface area contributed by atoms with E-state index >= 15 is 0 Å². The van der Waals surface area contributed by atoms with E-state index in [0.29, 0.717) is 5.02 Å². The number of benzene rings is 1. The van der Waals surface area contributed by atoms with Crippen molar-refractivity contribution in [1.29, 1.82) is 0 Å². The number of hydrogen-bond acceptors (Lipinski definition) is 4. The highest BCUT2D eigenvalue weighted by Crippen LogP contribution is 2.25. The lowest BCUT2D eigenvalue weighted by Crippen LogP contribution is -2.13. The van der Waals surface area contributed by atoms with E-state index in [2.05, 4.69) is 4.74 Å². The van der Waals surface area contributed by atoms with Crippen LogP contribution in [0.25, 0.3) is 5.76 Å². The van der Waals surface area contributed by atoms with Crippen LogP contribution >= 0.6 is 23.2 Å². The Kier molecular flexibility index (Phi) is 4.54. The van der Waals surface area contributed by atoms with Gasteiger partial charge in [0.05, 0.1) is 12.1 Å². The van der Waals surface area contributed by atoms with Gasteiger partial charge in [-0.15, -0.1) is 0 Å². The highest BCUT2D eigenvalue weighted by Gasteiger charge is 2.14. The van der Waals surface area contributed by atoms with Crippen molar-refractivity contribution in [2.45, 2.75) is 0 Å². The number of halogens is 2. The van der Waals surface area contributed by atoms with Crippen LogP contribution in [0.2, 0.25) is 10.0 Å². The minimum absolute atomic E-state index is 0.163. The first-order valence-corrected chi connectivity index (χ1v) is 5.19. The van der Waals surface area contributed by atoms with Gasteiger partial charge in [-0.3, -0.25) is 4.79 Å². The smallest absolute Gasteiger partial charge is 0.378 e. The molecule has 0 amide bonds. The second-order valence-electron chi connectivity index (χ2n) is 3.01. The Bertz CT molecular complexity index is 494. The molecule has 0 aliphatic carbocycles. The molecule has 0 radical (unpaired) electrons. The quantitative estimate of drug-likeness (QED) is 0.398. The Hall–Kier alpha value is -1.52. The summed E-state index contributed by atoms with van der Waals surface area (Å²) >= 11 is 11.5. The number of aliphatic hydroxyl groups is 1. The molecule has 1 rings (SSSR count). The average molecular weight is 275 g/mol. The number of carbonyl (C=O) groups is 2. The van der Waals surface area contributed by atoms with Gasteiger partial charge >= 0.3 is 5.97 Å². The van der Waals surface area contributed by atoms with Crippen LogP contribution in [0.3, 0.4) is 0 Å². The molecule has 0 aromatic heterocycles. The fourth-order valence-electron chi connectivity index (χ4n) is 1.06. The summed E-state index contributed by atoms with van der Waals surface area (Å²) in [7, 11) is 1.07. The average Bonchev–Trinajstić information content (AvgIpc) is 2.30. The van der Waals surface area contributed by atoms with Gasteiger partial charge in [0, 0.05) is 16.7 Å². The van der Waals surface area contributed by atoms with Crippen molar-refractivity contribution < 1.29 is 19.4 Å². The molecule has 0 heterocycles. The van der Waals surface area contributed by atoms with Crippen LogP contribution in [0.15, 0.2) is 24.3 Å². The molecule has 0 spiro atoms. The second kappa shape index (κ2) is 5.70. The zero-order chi connectivity index (χ0) is 13.0. The number of esters is 1. The molecule has 0 aliphatic heterocycles. The molecule has 4 nitrogen and oxygen atoms in total. The molecule has 1 aromatic carbocycles. The molecule has 1 aromatic rings. The van der Waals surface area contributed by atoms with Crippen molar-refractivity contribution in [2.24, 2.45) is 0 Å². The van der Waals surface area contributed by atoms with Crippen LogP contribution in [0, 0.1) is 0 Å². The van der Waals surface area contributed by atoms with Crippen molar-refractivity contribution in [2.75, 3.05) is 7.11 Å². The molecule has 90 valence electrons. The van der Waals surface area contributed by atoms with Crippen molar-refractivity contribution in [3.8, 4) is 0 Å². The molecule has 0 aliphatic rings. The number of ketones is 1.